The SMILES string of the molecule is C=CC(C)C(=O)NNC(=O)c1ccccc1.CC.CCNC1=NC/C(CC)=C(/C)Sc2ccccc21.Cc1cccc(Cl)c1. The number of carbonyl (C=O) groups excluding carboxylic acids is 2. The molecule has 2 amide bonds. The molecule has 3 aromatic rings. The number of fused-ring (bicyclic) bond motifs is 1. The molecular formula is C36H47ClN4O2S. The fourth-order valence-electron chi connectivity index (χ4n) is 3.65. The van der Waals surface area contributed by atoms with Crippen molar-refractivity contribution in [2.24, 2.45) is 10.9 Å². The fourth-order valence-corrected chi connectivity index (χ4v) is 4.99. The lowest BCUT2D eigenvalue weighted by molar-refractivity contribution is -0.123. The van der Waals surface area contributed by atoms with Crippen molar-refractivity contribution in [1.82, 2.24) is 16.2 Å². The first-order chi connectivity index (χ1) is 21.2. The second kappa shape index (κ2) is 21.8. The number of carbonyl (C=O) groups is 2. The highest BCUT2D eigenvalue weighted by Gasteiger charge is 2.14. The van der Waals surface area contributed by atoms with Gasteiger partial charge in [-0.3, -0.25) is 25.4 Å². The van der Waals surface area contributed by atoms with E-state index in [1.165, 1.54) is 32.6 Å². The third-order valence-corrected chi connectivity index (χ3v) is 7.59. The van der Waals surface area contributed by atoms with Crippen LogP contribution in [-0.2, 0) is 4.79 Å². The molecule has 0 spiro atoms. The summed E-state index contributed by atoms with van der Waals surface area (Å²) in [5.74, 6) is 0.0552. The van der Waals surface area contributed by atoms with E-state index in [0.717, 1.165) is 30.4 Å². The minimum absolute atomic E-state index is 0.292. The van der Waals surface area contributed by atoms with Crippen LogP contribution in [0.3, 0.4) is 0 Å². The standard InChI is InChI=1S/C15H20N2S.C12H14N2O2.C7H7Cl.C2H6/c1-4-12-10-17-15(16-5-2)13-8-6-7-9-14(13)18-11(12)3;1-3-9(2)11(15)13-14-12(16)10-7-5-4-6-8-10;1-6-3-2-4-7(8)5-6;1-2/h6-9H,4-5,10H2,1-3H3,(H,16,17);3-9H,1H2,2H3,(H,13,15)(H,14,16);2-5H,1H3;1-2H3/b12-11-;;;. The molecule has 0 fully saturated rings. The number of amides is 2. The molecule has 0 radical (unpaired) electrons. The summed E-state index contributed by atoms with van der Waals surface area (Å²) in [7, 11) is 0. The number of hydrogen-bond acceptors (Lipinski definition) is 5. The van der Waals surface area contributed by atoms with Crippen LogP contribution in [0, 0.1) is 12.8 Å². The van der Waals surface area contributed by atoms with Crippen molar-refractivity contribution >= 4 is 41.0 Å². The molecule has 8 heteroatoms. The summed E-state index contributed by atoms with van der Waals surface area (Å²) in [6.45, 7) is 19.4. The van der Waals surface area contributed by atoms with Gasteiger partial charge in [0.1, 0.15) is 5.84 Å². The van der Waals surface area contributed by atoms with Gasteiger partial charge in [0.15, 0.2) is 0 Å². The van der Waals surface area contributed by atoms with Gasteiger partial charge in [-0.2, -0.15) is 0 Å². The largest absolute Gasteiger partial charge is 0.370 e. The number of benzene rings is 3. The summed E-state index contributed by atoms with van der Waals surface area (Å²) in [6.07, 6.45) is 2.58. The van der Waals surface area contributed by atoms with Gasteiger partial charge in [-0.25, -0.2) is 0 Å². The van der Waals surface area contributed by atoms with Gasteiger partial charge in [0.05, 0.1) is 12.5 Å². The van der Waals surface area contributed by atoms with Crippen molar-refractivity contribution in [1.29, 1.82) is 0 Å². The van der Waals surface area contributed by atoms with Gasteiger partial charge < -0.3 is 5.32 Å². The van der Waals surface area contributed by atoms with Crippen molar-refractivity contribution in [3.63, 3.8) is 0 Å². The highest BCUT2D eigenvalue weighted by atomic mass is 35.5. The van der Waals surface area contributed by atoms with Crippen LogP contribution in [-0.4, -0.2) is 30.7 Å². The summed E-state index contributed by atoms with van der Waals surface area (Å²) in [4.78, 5) is 30.3. The Labute approximate surface area is 273 Å². The number of nitrogens with zero attached hydrogens (tertiary/aromatic N) is 1. The number of amidine groups is 1. The second-order valence-corrected chi connectivity index (χ2v) is 11.1. The van der Waals surface area contributed by atoms with Crippen LogP contribution >= 0.6 is 23.4 Å². The number of aryl methyl sites for hydroxylation is 1. The van der Waals surface area contributed by atoms with Crippen LogP contribution in [0.5, 0.6) is 0 Å². The molecule has 1 atom stereocenters. The molecule has 0 aromatic heterocycles. The molecule has 3 N–H and O–H groups in total. The first kappa shape index (κ1) is 38.2. The molecule has 0 saturated heterocycles. The lowest BCUT2D eigenvalue weighted by Crippen LogP contribution is -2.43. The Morgan fingerprint density at radius 3 is 2.20 bits per heavy atom. The van der Waals surface area contributed by atoms with Crippen molar-refractivity contribution in [2.45, 2.75) is 59.8 Å². The first-order valence-electron chi connectivity index (χ1n) is 14.9. The maximum Gasteiger partial charge on any atom is 0.269 e. The van der Waals surface area contributed by atoms with Gasteiger partial charge in [-0.05, 0) is 73.6 Å². The Kier molecular flexibility index (Phi) is 18.9. The van der Waals surface area contributed by atoms with Crippen LogP contribution in [0.25, 0.3) is 0 Å². The predicted molar refractivity (Wildman–Crippen MR) is 189 cm³/mol. The molecule has 0 bridgehead atoms. The maximum absolute atomic E-state index is 11.5. The van der Waals surface area contributed by atoms with Gasteiger partial charge in [-0.1, -0.05) is 106 Å². The zero-order valence-electron chi connectivity index (χ0n) is 27.0. The van der Waals surface area contributed by atoms with E-state index < -0.39 is 0 Å². The Morgan fingerprint density at radius 2 is 1.64 bits per heavy atom. The zero-order chi connectivity index (χ0) is 32.9. The molecule has 1 heterocycles. The van der Waals surface area contributed by atoms with E-state index in [9.17, 15) is 9.59 Å². The van der Waals surface area contributed by atoms with Gasteiger partial charge in [0.25, 0.3) is 5.91 Å². The Bertz CT molecular complexity index is 1370. The highest BCUT2D eigenvalue weighted by molar-refractivity contribution is 8.03. The predicted octanol–water partition coefficient (Wildman–Crippen LogP) is 8.78. The summed E-state index contributed by atoms with van der Waals surface area (Å²) >= 11 is 7.51. The van der Waals surface area contributed by atoms with Crippen LogP contribution in [0.1, 0.15) is 69.4 Å². The lowest BCUT2D eigenvalue weighted by atomic mass is 10.1. The normalized spacial score (nSPS) is 14.0. The smallest absolute Gasteiger partial charge is 0.269 e. The number of thioether (sulfide) groups is 1. The number of nitrogens with one attached hydrogen (secondary N) is 3. The van der Waals surface area contributed by atoms with E-state index in [-0.39, 0.29) is 17.7 Å². The zero-order valence-corrected chi connectivity index (χ0v) is 28.6. The van der Waals surface area contributed by atoms with Gasteiger partial charge >= 0.3 is 0 Å². The molecular weight excluding hydrogens is 588 g/mol. The van der Waals surface area contributed by atoms with Crippen molar-refractivity contribution in [3.05, 3.63) is 124 Å². The van der Waals surface area contributed by atoms with Crippen molar-refractivity contribution < 1.29 is 9.59 Å². The lowest BCUT2D eigenvalue weighted by Gasteiger charge is -2.18. The van der Waals surface area contributed by atoms with E-state index in [1.807, 2.05) is 62.9 Å². The van der Waals surface area contributed by atoms with Crippen LogP contribution in [0.2, 0.25) is 5.02 Å². The number of allylic oxidation sites excluding steroid dienone is 1. The summed E-state index contributed by atoms with van der Waals surface area (Å²) < 4.78 is 0. The number of hydrazine groups is 1. The summed E-state index contributed by atoms with van der Waals surface area (Å²) in [5, 5.41) is 4.19. The van der Waals surface area contributed by atoms with E-state index >= 15 is 0 Å². The molecule has 0 saturated carbocycles. The molecule has 3 aromatic carbocycles. The Morgan fingerprint density at radius 1 is 0.977 bits per heavy atom. The number of hydrogen-bond donors (Lipinski definition) is 3. The van der Waals surface area contributed by atoms with E-state index in [1.54, 1.807) is 31.2 Å². The quantitative estimate of drug-likeness (QED) is 0.193. The second-order valence-electron chi connectivity index (χ2n) is 9.44. The van der Waals surface area contributed by atoms with Gasteiger partial charge in [0, 0.05) is 27.6 Å². The molecule has 6 nitrogen and oxygen atoms in total. The van der Waals surface area contributed by atoms with E-state index in [2.05, 4.69) is 67.8 Å². The van der Waals surface area contributed by atoms with E-state index in [4.69, 9.17) is 16.6 Å². The molecule has 44 heavy (non-hydrogen) atoms. The fraction of sp³-hybridized carbons (Fsp3) is 0.306. The third kappa shape index (κ3) is 13.7. The number of rotatable bonds is 5. The van der Waals surface area contributed by atoms with Crippen LogP contribution in [0.15, 0.2) is 112 Å². The molecule has 1 aliphatic heterocycles. The summed E-state index contributed by atoms with van der Waals surface area (Å²) in [6, 6.07) is 24.9. The van der Waals surface area contributed by atoms with Crippen LogP contribution in [0.4, 0.5) is 0 Å². The van der Waals surface area contributed by atoms with Crippen molar-refractivity contribution in [3.8, 4) is 0 Å². The molecule has 1 unspecified atom stereocenters. The average Bonchev–Trinajstić information content (AvgIpc) is 3.04. The Hall–Kier alpha value is -3.81. The highest BCUT2D eigenvalue weighted by Crippen LogP contribution is 2.33. The minimum atomic E-state index is -0.342. The number of halogens is 1. The topological polar surface area (TPSA) is 82.6 Å². The van der Waals surface area contributed by atoms with Gasteiger partial charge in [-0.15, -0.1) is 6.58 Å². The number of aliphatic imine (C=N–C) groups is 1. The van der Waals surface area contributed by atoms with E-state index in [0.29, 0.717) is 5.56 Å². The van der Waals surface area contributed by atoms with Gasteiger partial charge in [0.2, 0.25) is 5.91 Å². The summed E-state index contributed by atoms with van der Waals surface area (Å²) in [5.41, 5.74) is 9.01. The van der Waals surface area contributed by atoms with Crippen molar-refractivity contribution in [2.75, 3.05) is 13.1 Å². The molecule has 4 rings (SSSR count). The third-order valence-electron chi connectivity index (χ3n) is 6.18. The van der Waals surface area contributed by atoms with Crippen LogP contribution < -0.4 is 16.2 Å². The maximum atomic E-state index is 11.5. The monoisotopic (exact) mass is 634 g/mol. The minimum Gasteiger partial charge on any atom is -0.370 e. The molecule has 236 valence electrons. The molecule has 1 aliphatic rings. The average molecular weight is 635 g/mol. The Balaban J connectivity index is 0.000000341. The first-order valence-corrected chi connectivity index (χ1v) is 16.1. The molecule has 0 aliphatic carbocycles.